The van der Waals surface area contributed by atoms with Crippen molar-refractivity contribution < 1.29 is 19.4 Å². The summed E-state index contributed by atoms with van der Waals surface area (Å²) in [6.45, 7) is 1.54. The second-order valence-electron chi connectivity index (χ2n) is 5.02. The van der Waals surface area contributed by atoms with Crippen LogP contribution in [0.25, 0.3) is 0 Å². The second-order valence-corrected chi connectivity index (χ2v) is 5.02. The van der Waals surface area contributed by atoms with Gasteiger partial charge in [-0.15, -0.1) is 0 Å². The van der Waals surface area contributed by atoms with Gasteiger partial charge in [0.15, 0.2) is 0 Å². The Hall–Kier alpha value is -2.15. The number of rotatable bonds is 4. The van der Waals surface area contributed by atoms with Crippen molar-refractivity contribution in [2.75, 3.05) is 26.8 Å². The fraction of sp³-hybridized carbons (Fsp3) is 0.500. The zero-order valence-corrected chi connectivity index (χ0v) is 11.9. The van der Waals surface area contributed by atoms with E-state index in [1.165, 1.54) is 0 Å². The molecule has 1 aromatic heterocycles. The normalized spacial score (nSPS) is 18.3. The molecule has 0 radical (unpaired) electrons. The average molecular weight is 293 g/mol. The number of hydrogen-bond acceptors (Lipinski definition) is 4. The van der Waals surface area contributed by atoms with Crippen LogP contribution in [-0.2, 0) is 16.1 Å². The van der Waals surface area contributed by atoms with E-state index in [4.69, 9.17) is 9.84 Å². The summed E-state index contributed by atoms with van der Waals surface area (Å²) in [5, 5.41) is 8.92. The van der Waals surface area contributed by atoms with Gasteiger partial charge in [-0.05, 0) is 11.6 Å². The van der Waals surface area contributed by atoms with Gasteiger partial charge in [0.1, 0.15) is 0 Å². The van der Waals surface area contributed by atoms with Crippen LogP contribution < -0.4 is 0 Å². The highest BCUT2D eigenvalue weighted by Crippen LogP contribution is 2.14. The summed E-state index contributed by atoms with van der Waals surface area (Å²) in [7, 11) is 1.70. The number of carbonyl (C=O) groups is 2. The van der Waals surface area contributed by atoms with Gasteiger partial charge in [-0.2, -0.15) is 0 Å². The minimum atomic E-state index is -0.932. The average Bonchev–Trinajstić information content (AvgIpc) is 2.47. The monoisotopic (exact) mass is 293 g/mol. The van der Waals surface area contributed by atoms with Gasteiger partial charge in [0, 0.05) is 32.5 Å². The Kier molecular flexibility index (Phi) is 5.10. The Morgan fingerprint density at radius 1 is 1.57 bits per heavy atom. The number of urea groups is 1. The van der Waals surface area contributed by atoms with Crippen LogP contribution in [0.3, 0.4) is 0 Å². The lowest BCUT2D eigenvalue weighted by molar-refractivity contribution is -0.139. The Balaban J connectivity index is 2.00. The number of pyridine rings is 1. The molecule has 1 atom stereocenters. The third-order valence-electron chi connectivity index (χ3n) is 3.35. The van der Waals surface area contributed by atoms with Crippen LogP contribution in [0.5, 0.6) is 0 Å². The molecule has 0 spiro atoms. The second kappa shape index (κ2) is 7.03. The predicted octanol–water partition coefficient (Wildman–Crippen LogP) is 0.809. The molecule has 0 bridgehead atoms. The Labute approximate surface area is 123 Å². The molecule has 0 saturated carbocycles. The van der Waals surface area contributed by atoms with Crippen molar-refractivity contribution in [1.82, 2.24) is 14.8 Å². The maximum absolute atomic E-state index is 12.5. The molecule has 1 aliphatic rings. The first kappa shape index (κ1) is 15.2. The third kappa shape index (κ3) is 4.16. The standard InChI is InChI=1S/C14H19N3O4/c1-16(9-11-3-2-4-15-8-11)14(20)17-5-6-21-10-12(17)7-13(18)19/h2-4,8,12H,5-7,9-10H2,1H3,(H,18,19). The fourth-order valence-electron chi connectivity index (χ4n) is 2.33. The zero-order chi connectivity index (χ0) is 15.2. The van der Waals surface area contributed by atoms with Gasteiger partial charge in [0.05, 0.1) is 25.7 Å². The van der Waals surface area contributed by atoms with Gasteiger partial charge >= 0.3 is 12.0 Å². The lowest BCUT2D eigenvalue weighted by Gasteiger charge is -2.37. The Morgan fingerprint density at radius 3 is 3.05 bits per heavy atom. The summed E-state index contributed by atoms with van der Waals surface area (Å²) in [6.07, 6.45) is 3.28. The Morgan fingerprint density at radius 2 is 2.38 bits per heavy atom. The summed E-state index contributed by atoms with van der Waals surface area (Å²) in [5.41, 5.74) is 0.927. The predicted molar refractivity (Wildman–Crippen MR) is 74.7 cm³/mol. The molecule has 1 unspecified atom stereocenters. The summed E-state index contributed by atoms with van der Waals surface area (Å²) < 4.78 is 5.28. The molecular formula is C14H19N3O4. The molecule has 0 aliphatic carbocycles. The lowest BCUT2D eigenvalue weighted by atomic mass is 10.1. The highest BCUT2D eigenvalue weighted by atomic mass is 16.5. The number of morpholine rings is 1. The number of aliphatic carboxylic acids is 1. The van der Waals surface area contributed by atoms with E-state index < -0.39 is 12.0 Å². The smallest absolute Gasteiger partial charge is 0.320 e. The first-order valence-electron chi connectivity index (χ1n) is 6.78. The van der Waals surface area contributed by atoms with E-state index in [1.807, 2.05) is 12.1 Å². The van der Waals surface area contributed by atoms with E-state index in [1.54, 1.807) is 29.2 Å². The van der Waals surface area contributed by atoms with Crippen molar-refractivity contribution in [3.05, 3.63) is 30.1 Å². The summed E-state index contributed by atoms with van der Waals surface area (Å²) in [6, 6.07) is 3.11. The molecule has 2 rings (SSSR count). The van der Waals surface area contributed by atoms with Gasteiger partial charge in [-0.3, -0.25) is 9.78 Å². The molecule has 2 heterocycles. The molecule has 1 fully saturated rings. The highest BCUT2D eigenvalue weighted by molar-refractivity contribution is 5.76. The van der Waals surface area contributed by atoms with Gasteiger partial charge in [-0.1, -0.05) is 6.07 Å². The number of ether oxygens (including phenoxy) is 1. The largest absolute Gasteiger partial charge is 0.481 e. The highest BCUT2D eigenvalue weighted by Gasteiger charge is 2.30. The van der Waals surface area contributed by atoms with Crippen LogP contribution in [0.15, 0.2) is 24.5 Å². The maximum atomic E-state index is 12.5. The van der Waals surface area contributed by atoms with E-state index >= 15 is 0 Å². The fourth-order valence-corrected chi connectivity index (χ4v) is 2.33. The summed E-state index contributed by atoms with van der Waals surface area (Å²) in [5.74, 6) is -0.932. The SMILES string of the molecule is CN(Cc1cccnc1)C(=O)N1CCOCC1CC(=O)O. The zero-order valence-electron chi connectivity index (χ0n) is 11.9. The van der Waals surface area contributed by atoms with Crippen LogP contribution in [0.1, 0.15) is 12.0 Å². The number of amides is 2. The number of nitrogens with zero attached hydrogens (tertiary/aromatic N) is 3. The van der Waals surface area contributed by atoms with Gasteiger partial charge in [0.25, 0.3) is 0 Å². The molecule has 114 valence electrons. The van der Waals surface area contributed by atoms with E-state index in [0.29, 0.717) is 19.7 Å². The molecule has 21 heavy (non-hydrogen) atoms. The first-order valence-corrected chi connectivity index (χ1v) is 6.78. The minimum Gasteiger partial charge on any atom is -0.481 e. The number of carbonyl (C=O) groups excluding carboxylic acids is 1. The first-order chi connectivity index (χ1) is 10.1. The molecule has 7 nitrogen and oxygen atoms in total. The lowest BCUT2D eigenvalue weighted by Crippen LogP contribution is -2.53. The number of aromatic nitrogens is 1. The summed E-state index contributed by atoms with van der Waals surface area (Å²) in [4.78, 5) is 30.5. The van der Waals surface area contributed by atoms with Gasteiger partial charge in [0.2, 0.25) is 0 Å². The number of carboxylic acids is 1. The summed E-state index contributed by atoms with van der Waals surface area (Å²) >= 11 is 0. The van der Waals surface area contributed by atoms with Crippen LogP contribution in [0.2, 0.25) is 0 Å². The molecule has 1 aromatic rings. The van der Waals surface area contributed by atoms with E-state index in [-0.39, 0.29) is 19.1 Å². The molecule has 1 N–H and O–H groups in total. The van der Waals surface area contributed by atoms with Crippen molar-refractivity contribution in [1.29, 1.82) is 0 Å². The topological polar surface area (TPSA) is 83.0 Å². The molecule has 2 amide bonds. The number of hydrogen-bond donors (Lipinski definition) is 1. The quantitative estimate of drug-likeness (QED) is 0.888. The van der Waals surface area contributed by atoms with Crippen molar-refractivity contribution in [3.8, 4) is 0 Å². The van der Waals surface area contributed by atoms with Crippen LogP contribution in [0.4, 0.5) is 4.79 Å². The van der Waals surface area contributed by atoms with Crippen molar-refractivity contribution in [3.63, 3.8) is 0 Å². The van der Waals surface area contributed by atoms with Crippen molar-refractivity contribution >= 4 is 12.0 Å². The molecule has 1 saturated heterocycles. The van der Waals surface area contributed by atoms with Gasteiger partial charge in [-0.25, -0.2) is 4.79 Å². The van der Waals surface area contributed by atoms with Crippen molar-refractivity contribution in [2.24, 2.45) is 0 Å². The maximum Gasteiger partial charge on any atom is 0.320 e. The van der Waals surface area contributed by atoms with Crippen molar-refractivity contribution in [2.45, 2.75) is 19.0 Å². The van der Waals surface area contributed by atoms with E-state index in [9.17, 15) is 9.59 Å². The molecular weight excluding hydrogens is 274 g/mol. The third-order valence-corrected chi connectivity index (χ3v) is 3.35. The van der Waals surface area contributed by atoms with Gasteiger partial charge < -0.3 is 19.6 Å². The Bertz CT molecular complexity index is 494. The van der Waals surface area contributed by atoms with Crippen LogP contribution in [-0.4, -0.2) is 64.7 Å². The van der Waals surface area contributed by atoms with Crippen LogP contribution in [0, 0.1) is 0 Å². The van der Waals surface area contributed by atoms with Crippen LogP contribution >= 0.6 is 0 Å². The molecule has 0 aromatic carbocycles. The molecule has 7 heteroatoms. The molecule has 1 aliphatic heterocycles. The number of carboxylic acid groups (broad SMARTS) is 1. The van der Waals surface area contributed by atoms with E-state index in [0.717, 1.165) is 5.56 Å². The minimum absolute atomic E-state index is 0.105. The van der Waals surface area contributed by atoms with E-state index in [2.05, 4.69) is 4.98 Å².